The highest BCUT2D eigenvalue weighted by Gasteiger charge is 2.30. The Morgan fingerprint density at radius 2 is 2.00 bits per heavy atom. The fourth-order valence-electron chi connectivity index (χ4n) is 3.88. The van der Waals surface area contributed by atoms with Gasteiger partial charge in [-0.15, -0.1) is 0 Å². The van der Waals surface area contributed by atoms with E-state index in [2.05, 4.69) is 15.1 Å². The van der Waals surface area contributed by atoms with E-state index in [4.69, 9.17) is 4.74 Å². The molecule has 3 rings (SSSR count). The van der Waals surface area contributed by atoms with E-state index >= 15 is 0 Å². The average Bonchev–Trinajstić information content (AvgIpc) is 2.56. The Morgan fingerprint density at radius 3 is 2.76 bits per heavy atom. The van der Waals surface area contributed by atoms with Gasteiger partial charge in [0, 0.05) is 39.3 Å². The third kappa shape index (κ3) is 4.18. The van der Waals surface area contributed by atoms with Crippen molar-refractivity contribution < 1.29 is 9.53 Å². The number of carbonyl (C=O) groups excluding carboxylic acids is 1. The van der Waals surface area contributed by atoms with Crippen molar-refractivity contribution >= 4 is 5.91 Å². The molecule has 3 fully saturated rings. The molecule has 3 aliphatic heterocycles. The standard InChI is InChI=1S/C16H29N3O2/c20-16(15-4-1-5-17-11-15)19-6-2-3-14(13-19)12-18-7-9-21-10-8-18/h14-15,17H,1-13H2. The number of likely N-dealkylation sites (tertiary alicyclic amines) is 1. The minimum atomic E-state index is 0.223. The first-order chi connectivity index (χ1) is 10.3. The number of amides is 1. The van der Waals surface area contributed by atoms with Crippen molar-refractivity contribution in [1.29, 1.82) is 0 Å². The molecule has 0 aliphatic carbocycles. The second-order valence-electron chi connectivity index (χ2n) is 6.75. The first kappa shape index (κ1) is 15.3. The molecule has 1 N–H and O–H groups in total. The molecule has 0 bridgehead atoms. The van der Waals surface area contributed by atoms with E-state index in [9.17, 15) is 4.79 Å². The van der Waals surface area contributed by atoms with Crippen LogP contribution in [0.5, 0.6) is 0 Å². The van der Waals surface area contributed by atoms with E-state index in [0.29, 0.717) is 11.8 Å². The molecule has 0 saturated carbocycles. The predicted molar refractivity (Wildman–Crippen MR) is 82.2 cm³/mol. The van der Waals surface area contributed by atoms with Gasteiger partial charge in [-0.2, -0.15) is 0 Å². The Kier molecular flexibility index (Phi) is 5.49. The van der Waals surface area contributed by atoms with Crippen LogP contribution in [-0.2, 0) is 9.53 Å². The summed E-state index contributed by atoms with van der Waals surface area (Å²) in [7, 11) is 0. The maximum Gasteiger partial charge on any atom is 0.226 e. The van der Waals surface area contributed by atoms with Gasteiger partial charge in [-0.1, -0.05) is 0 Å². The molecule has 1 amide bonds. The van der Waals surface area contributed by atoms with Gasteiger partial charge in [0.15, 0.2) is 0 Å². The van der Waals surface area contributed by atoms with Crippen LogP contribution in [0.4, 0.5) is 0 Å². The number of nitrogens with one attached hydrogen (secondary N) is 1. The summed E-state index contributed by atoms with van der Waals surface area (Å²) in [5, 5.41) is 3.36. The lowest BCUT2D eigenvalue weighted by Crippen LogP contribution is -2.49. The zero-order chi connectivity index (χ0) is 14.5. The molecule has 0 aromatic heterocycles. The fourth-order valence-corrected chi connectivity index (χ4v) is 3.88. The van der Waals surface area contributed by atoms with Gasteiger partial charge in [-0.25, -0.2) is 0 Å². The van der Waals surface area contributed by atoms with Crippen molar-refractivity contribution in [3.05, 3.63) is 0 Å². The van der Waals surface area contributed by atoms with Gasteiger partial charge in [-0.05, 0) is 38.1 Å². The summed E-state index contributed by atoms with van der Waals surface area (Å²) in [6.45, 7) is 8.85. The number of rotatable bonds is 3. The third-order valence-corrected chi connectivity index (χ3v) is 5.10. The summed E-state index contributed by atoms with van der Waals surface area (Å²) < 4.78 is 5.41. The molecule has 120 valence electrons. The van der Waals surface area contributed by atoms with Crippen molar-refractivity contribution in [3.63, 3.8) is 0 Å². The Morgan fingerprint density at radius 1 is 1.14 bits per heavy atom. The topological polar surface area (TPSA) is 44.8 Å². The molecular weight excluding hydrogens is 266 g/mol. The maximum atomic E-state index is 12.6. The minimum absolute atomic E-state index is 0.223. The number of carbonyl (C=O) groups is 1. The van der Waals surface area contributed by atoms with Crippen LogP contribution >= 0.6 is 0 Å². The molecular formula is C16H29N3O2. The van der Waals surface area contributed by atoms with Crippen LogP contribution < -0.4 is 5.32 Å². The highest BCUT2D eigenvalue weighted by molar-refractivity contribution is 5.79. The number of hydrogen-bond acceptors (Lipinski definition) is 4. The summed E-state index contributed by atoms with van der Waals surface area (Å²) >= 11 is 0. The first-order valence-electron chi connectivity index (χ1n) is 8.62. The van der Waals surface area contributed by atoms with Gasteiger partial charge < -0.3 is 15.0 Å². The van der Waals surface area contributed by atoms with Crippen LogP contribution in [0.15, 0.2) is 0 Å². The molecule has 21 heavy (non-hydrogen) atoms. The van der Waals surface area contributed by atoms with E-state index in [1.54, 1.807) is 0 Å². The van der Waals surface area contributed by atoms with Crippen LogP contribution in [0.2, 0.25) is 0 Å². The highest BCUT2D eigenvalue weighted by Crippen LogP contribution is 2.22. The molecule has 5 nitrogen and oxygen atoms in total. The summed E-state index contributed by atoms with van der Waals surface area (Å²) in [6.07, 6.45) is 4.64. The van der Waals surface area contributed by atoms with Crippen LogP contribution in [-0.4, -0.2) is 74.7 Å². The van der Waals surface area contributed by atoms with Crippen LogP contribution in [0.25, 0.3) is 0 Å². The normalized spacial score (nSPS) is 32.1. The molecule has 3 saturated heterocycles. The fraction of sp³-hybridized carbons (Fsp3) is 0.938. The lowest BCUT2D eigenvalue weighted by molar-refractivity contribution is -0.138. The van der Waals surface area contributed by atoms with Crippen molar-refractivity contribution in [2.24, 2.45) is 11.8 Å². The summed E-state index contributed by atoms with van der Waals surface area (Å²) in [5.74, 6) is 1.27. The molecule has 3 aliphatic rings. The monoisotopic (exact) mass is 295 g/mol. The smallest absolute Gasteiger partial charge is 0.226 e. The summed E-state index contributed by atoms with van der Waals surface area (Å²) in [6, 6.07) is 0. The maximum absolute atomic E-state index is 12.6. The Balaban J connectivity index is 1.48. The number of ether oxygens (including phenoxy) is 1. The third-order valence-electron chi connectivity index (χ3n) is 5.10. The number of nitrogens with zero attached hydrogens (tertiary/aromatic N) is 2. The quantitative estimate of drug-likeness (QED) is 0.826. The zero-order valence-corrected chi connectivity index (χ0v) is 13.1. The van der Waals surface area contributed by atoms with Gasteiger partial charge in [0.2, 0.25) is 5.91 Å². The van der Waals surface area contributed by atoms with Gasteiger partial charge in [0.1, 0.15) is 0 Å². The lowest BCUT2D eigenvalue weighted by Gasteiger charge is -2.38. The second-order valence-corrected chi connectivity index (χ2v) is 6.75. The van der Waals surface area contributed by atoms with E-state index in [1.807, 2.05) is 0 Å². The number of piperidine rings is 2. The Labute approximate surface area is 128 Å². The highest BCUT2D eigenvalue weighted by atomic mass is 16.5. The van der Waals surface area contributed by atoms with Crippen molar-refractivity contribution in [1.82, 2.24) is 15.1 Å². The van der Waals surface area contributed by atoms with E-state index < -0.39 is 0 Å². The van der Waals surface area contributed by atoms with Crippen molar-refractivity contribution in [2.45, 2.75) is 25.7 Å². The Bertz CT molecular complexity index is 338. The molecule has 3 heterocycles. The lowest BCUT2D eigenvalue weighted by atomic mass is 9.93. The number of morpholine rings is 1. The molecule has 2 unspecified atom stereocenters. The van der Waals surface area contributed by atoms with E-state index in [1.165, 1.54) is 12.8 Å². The number of hydrogen-bond donors (Lipinski definition) is 1. The summed E-state index contributed by atoms with van der Waals surface area (Å²) in [4.78, 5) is 17.3. The van der Waals surface area contributed by atoms with Crippen LogP contribution in [0.3, 0.4) is 0 Å². The molecule has 0 spiro atoms. The minimum Gasteiger partial charge on any atom is -0.379 e. The first-order valence-corrected chi connectivity index (χ1v) is 8.62. The van der Waals surface area contributed by atoms with E-state index in [-0.39, 0.29) is 5.92 Å². The van der Waals surface area contributed by atoms with Crippen LogP contribution in [0.1, 0.15) is 25.7 Å². The average molecular weight is 295 g/mol. The Hall–Kier alpha value is -0.650. The molecule has 0 aromatic rings. The molecule has 2 atom stereocenters. The predicted octanol–water partition coefficient (Wildman–Crippen LogP) is 0.557. The SMILES string of the molecule is O=C(C1CCCNC1)N1CCCC(CN2CCOCC2)C1. The van der Waals surface area contributed by atoms with Gasteiger partial charge in [0.25, 0.3) is 0 Å². The molecule has 0 radical (unpaired) electrons. The largest absolute Gasteiger partial charge is 0.379 e. The zero-order valence-electron chi connectivity index (χ0n) is 13.1. The molecule has 0 aromatic carbocycles. The molecule has 5 heteroatoms. The van der Waals surface area contributed by atoms with Gasteiger partial charge in [-0.3, -0.25) is 9.69 Å². The van der Waals surface area contributed by atoms with Crippen LogP contribution in [0, 0.1) is 11.8 Å². The van der Waals surface area contributed by atoms with E-state index in [0.717, 1.165) is 71.9 Å². The van der Waals surface area contributed by atoms with Gasteiger partial charge in [0.05, 0.1) is 19.1 Å². The van der Waals surface area contributed by atoms with Gasteiger partial charge >= 0.3 is 0 Å². The van der Waals surface area contributed by atoms with Crippen molar-refractivity contribution in [2.75, 3.05) is 59.0 Å². The second kappa shape index (κ2) is 7.56. The summed E-state index contributed by atoms with van der Waals surface area (Å²) in [5.41, 5.74) is 0. The van der Waals surface area contributed by atoms with Crippen molar-refractivity contribution in [3.8, 4) is 0 Å².